The minimum Gasteiger partial charge on any atom is -0.292 e. The molecule has 2 heterocycles. The Kier molecular flexibility index (Phi) is 4.62. The molecular formula is C16H13Cl2N3OS. The van der Waals surface area contributed by atoms with E-state index in [9.17, 15) is 4.79 Å². The number of hydrogen-bond donors (Lipinski definition) is 0. The Morgan fingerprint density at radius 2 is 1.96 bits per heavy atom. The minimum absolute atomic E-state index is 0.166. The zero-order valence-corrected chi connectivity index (χ0v) is 14.8. The second-order valence-electron chi connectivity index (χ2n) is 4.84. The van der Waals surface area contributed by atoms with E-state index in [1.807, 2.05) is 13.2 Å². The number of aryl methyl sites for hydroxylation is 1. The van der Waals surface area contributed by atoms with E-state index in [0.717, 1.165) is 5.39 Å². The van der Waals surface area contributed by atoms with E-state index in [0.29, 0.717) is 38.5 Å². The van der Waals surface area contributed by atoms with Gasteiger partial charge in [0.25, 0.3) is 5.56 Å². The Bertz CT molecular complexity index is 936. The first kappa shape index (κ1) is 16.3. The quantitative estimate of drug-likeness (QED) is 0.506. The molecule has 0 unspecified atom stereocenters. The third-order valence-electron chi connectivity index (χ3n) is 3.54. The van der Waals surface area contributed by atoms with Crippen molar-refractivity contribution < 1.29 is 0 Å². The Morgan fingerprint density at radius 3 is 2.57 bits per heavy atom. The molecule has 0 aliphatic carbocycles. The minimum atomic E-state index is -0.166. The first-order valence-electron chi connectivity index (χ1n) is 6.95. The van der Waals surface area contributed by atoms with Gasteiger partial charge in [-0.15, -0.1) is 0 Å². The van der Waals surface area contributed by atoms with Gasteiger partial charge in [-0.05, 0) is 31.4 Å². The van der Waals surface area contributed by atoms with Gasteiger partial charge in [-0.3, -0.25) is 9.36 Å². The molecule has 7 heteroatoms. The van der Waals surface area contributed by atoms with Crippen molar-refractivity contribution >= 4 is 46.0 Å². The topological polar surface area (TPSA) is 47.8 Å². The van der Waals surface area contributed by atoms with Crippen LogP contribution >= 0.6 is 35.0 Å². The third-order valence-corrected chi connectivity index (χ3v) is 4.73. The number of rotatable bonds is 3. The van der Waals surface area contributed by atoms with Crippen LogP contribution in [0.4, 0.5) is 0 Å². The molecule has 0 saturated carbocycles. The van der Waals surface area contributed by atoms with Gasteiger partial charge in [0.05, 0.1) is 15.6 Å². The summed E-state index contributed by atoms with van der Waals surface area (Å²) in [5.41, 5.74) is 1.44. The summed E-state index contributed by atoms with van der Waals surface area (Å²) in [5.74, 6) is 0. The SMILES string of the molecule is CCn1c(=O)c(-c2c(Cl)cccc2Cl)cc2cnc(SC)nc21. The molecule has 3 rings (SSSR count). The maximum absolute atomic E-state index is 12.9. The van der Waals surface area contributed by atoms with Gasteiger partial charge in [-0.2, -0.15) is 0 Å². The van der Waals surface area contributed by atoms with E-state index in [1.165, 1.54) is 11.8 Å². The molecule has 0 bridgehead atoms. The highest BCUT2D eigenvalue weighted by Gasteiger charge is 2.16. The van der Waals surface area contributed by atoms with Gasteiger partial charge < -0.3 is 0 Å². The van der Waals surface area contributed by atoms with Crippen molar-refractivity contribution in [2.24, 2.45) is 0 Å². The van der Waals surface area contributed by atoms with E-state index >= 15 is 0 Å². The number of benzene rings is 1. The van der Waals surface area contributed by atoms with Crippen molar-refractivity contribution in [3.8, 4) is 11.1 Å². The van der Waals surface area contributed by atoms with E-state index < -0.39 is 0 Å². The van der Waals surface area contributed by atoms with Crippen LogP contribution in [0.1, 0.15) is 6.92 Å². The van der Waals surface area contributed by atoms with Crippen molar-refractivity contribution in [1.29, 1.82) is 0 Å². The fourth-order valence-electron chi connectivity index (χ4n) is 2.47. The maximum atomic E-state index is 12.9. The molecule has 2 aromatic heterocycles. The molecule has 23 heavy (non-hydrogen) atoms. The number of nitrogens with zero attached hydrogens (tertiary/aromatic N) is 3. The smallest absolute Gasteiger partial charge is 0.260 e. The molecule has 0 amide bonds. The molecular weight excluding hydrogens is 353 g/mol. The predicted molar refractivity (Wildman–Crippen MR) is 96.7 cm³/mol. The molecule has 0 aliphatic heterocycles. The zero-order chi connectivity index (χ0) is 16.6. The van der Waals surface area contributed by atoms with E-state index in [2.05, 4.69) is 9.97 Å². The average molecular weight is 366 g/mol. The fraction of sp³-hybridized carbons (Fsp3) is 0.188. The van der Waals surface area contributed by atoms with Crippen LogP contribution in [0.3, 0.4) is 0 Å². The van der Waals surface area contributed by atoms with Gasteiger partial charge in [0.1, 0.15) is 5.65 Å². The van der Waals surface area contributed by atoms with Crippen molar-refractivity contribution in [1.82, 2.24) is 14.5 Å². The summed E-state index contributed by atoms with van der Waals surface area (Å²) in [6.45, 7) is 2.40. The number of fused-ring (bicyclic) bond motifs is 1. The first-order valence-corrected chi connectivity index (χ1v) is 8.93. The lowest BCUT2D eigenvalue weighted by molar-refractivity contribution is 0.743. The Labute approximate surface area is 147 Å². The van der Waals surface area contributed by atoms with Crippen molar-refractivity contribution in [3.63, 3.8) is 0 Å². The molecule has 0 saturated heterocycles. The first-order chi connectivity index (χ1) is 11.1. The second-order valence-corrected chi connectivity index (χ2v) is 6.43. The summed E-state index contributed by atoms with van der Waals surface area (Å²) in [6.07, 6.45) is 3.61. The molecule has 0 fully saturated rings. The second kappa shape index (κ2) is 6.51. The van der Waals surface area contributed by atoms with Crippen LogP contribution in [-0.2, 0) is 6.54 Å². The Hall–Kier alpha value is -1.56. The molecule has 0 radical (unpaired) electrons. The highest BCUT2D eigenvalue weighted by Crippen LogP contribution is 2.33. The predicted octanol–water partition coefficient (Wildman–Crippen LogP) is 4.51. The van der Waals surface area contributed by atoms with Crippen LogP contribution in [0.15, 0.2) is 40.4 Å². The largest absolute Gasteiger partial charge is 0.292 e. The number of thioether (sulfide) groups is 1. The standard InChI is InChI=1S/C16H13Cl2N3OS/c1-3-21-14-9(8-19-16(20-14)23-2)7-10(15(21)22)13-11(17)5-4-6-12(13)18/h4-8H,3H2,1-2H3. The van der Waals surface area contributed by atoms with Crippen LogP contribution in [0.5, 0.6) is 0 Å². The van der Waals surface area contributed by atoms with E-state index in [-0.39, 0.29) is 5.56 Å². The van der Waals surface area contributed by atoms with Crippen molar-refractivity contribution in [3.05, 3.63) is 50.9 Å². The number of aromatic nitrogens is 3. The monoisotopic (exact) mass is 365 g/mol. The highest BCUT2D eigenvalue weighted by atomic mass is 35.5. The molecule has 118 valence electrons. The summed E-state index contributed by atoms with van der Waals surface area (Å²) in [5, 5.41) is 2.29. The average Bonchev–Trinajstić information content (AvgIpc) is 2.54. The summed E-state index contributed by atoms with van der Waals surface area (Å²) < 4.78 is 1.62. The lowest BCUT2D eigenvalue weighted by Crippen LogP contribution is -2.22. The lowest BCUT2D eigenvalue weighted by atomic mass is 10.1. The summed E-state index contributed by atoms with van der Waals surface area (Å²) in [4.78, 5) is 21.6. The molecule has 1 aromatic carbocycles. The Morgan fingerprint density at radius 1 is 1.26 bits per heavy atom. The molecule has 0 atom stereocenters. The van der Waals surface area contributed by atoms with Gasteiger partial charge in [-0.25, -0.2) is 9.97 Å². The summed E-state index contributed by atoms with van der Waals surface area (Å²) in [6, 6.07) is 6.94. The van der Waals surface area contributed by atoms with Crippen LogP contribution in [0.2, 0.25) is 10.0 Å². The van der Waals surface area contributed by atoms with Crippen molar-refractivity contribution in [2.45, 2.75) is 18.6 Å². The Balaban J connectivity index is 2.40. The van der Waals surface area contributed by atoms with Crippen molar-refractivity contribution in [2.75, 3.05) is 6.26 Å². The van der Waals surface area contributed by atoms with Gasteiger partial charge in [0.2, 0.25) is 0 Å². The number of pyridine rings is 1. The maximum Gasteiger partial charge on any atom is 0.260 e. The van der Waals surface area contributed by atoms with Crippen LogP contribution in [0.25, 0.3) is 22.2 Å². The van der Waals surface area contributed by atoms with Gasteiger partial charge in [-0.1, -0.05) is 41.0 Å². The number of halogens is 2. The molecule has 3 aromatic rings. The highest BCUT2D eigenvalue weighted by molar-refractivity contribution is 7.98. The molecule has 0 spiro atoms. The lowest BCUT2D eigenvalue weighted by Gasteiger charge is -2.12. The molecule has 4 nitrogen and oxygen atoms in total. The summed E-state index contributed by atoms with van der Waals surface area (Å²) >= 11 is 14.0. The molecule has 0 N–H and O–H groups in total. The summed E-state index contributed by atoms with van der Waals surface area (Å²) in [7, 11) is 0. The normalized spacial score (nSPS) is 11.1. The third kappa shape index (κ3) is 2.84. The zero-order valence-electron chi connectivity index (χ0n) is 12.5. The van der Waals surface area contributed by atoms with E-state index in [1.54, 1.807) is 35.0 Å². The van der Waals surface area contributed by atoms with Crippen LogP contribution in [-0.4, -0.2) is 20.8 Å². The van der Waals surface area contributed by atoms with Crippen LogP contribution in [0, 0.1) is 0 Å². The van der Waals surface area contributed by atoms with Gasteiger partial charge in [0, 0.05) is 23.7 Å². The number of hydrogen-bond acceptors (Lipinski definition) is 4. The van der Waals surface area contributed by atoms with E-state index in [4.69, 9.17) is 23.2 Å². The molecule has 0 aliphatic rings. The van der Waals surface area contributed by atoms with Gasteiger partial charge >= 0.3 is 0 Å². The van der Waals surface area contributed by atoms with Gasteiger partial charge in [0.15, 0.2) is 5.16 Å². The fourth-order valence-corrected chi connectivity index (χ4v) is 3.41. The van der Waals surface area contributed by atoms with Crippen LogP contribution < -0.4 is 5.56 Å².